The van der Waals surface area contributed by atoms with E-state index >= 15 is 0 Å². The van der Waals surface area contributed by atoms with Crippen LogP contribution in [0.3, 0.4) is 0 Å². The molecule has 1 aromatic heterocycles. The number of aryl methyl sites for hydroxylation is 1. The Kier molecular flexibility index (Phi) is 3.89. The number of nitrogens with one attached hydrogen (secondary N) is 1. The molecule has 0 spiro atoms. The summed E-state index contributed by atoms with van der Waals surface area (Å²) in [6.45, 7) is 2.06. The average molecular weight is 266 g/mol. The number of ether oxygens (including phenoxy) is 1. The summed E-state index contributed by atoms with van der Waals surface area (Å²) in [7, 11) is 3.75. The van der Waals surface area contributed by atoms with E-state index in [1.807, 2.05) is 32.3 Å². The average Bonchev–Trinajstić information content (AvgIpc) is 2.74. The van der Waals surface area contributed by atoms with Crippen molar-refractivity contribution in [1.82, 2.24) is 15.1 Å². The van der Waals surface area contributed by atoms with Gasteiger partial charge in [-0.3, -0.25) is 4.68 Å². The van der Waals surface area contributed by atoms with Gasteiger partial charge in [-0.1, -0.05) is 17.7 Å². The highest BCUT2D eigenvalue weighted by molar-refractivity contribution is 6.31. The number of rotatable bonds is 4. The van der Waals surface area contributed by atoms with Crippen LogP contribution in [0, 0.1) is 0 Å². The molecule has 2 rings (SSSR count). The fourth-order valence-corrected chi connectivity index (χ4v) is 2.00. The predicted octanol–water partition coefficient (Wildman–Crippen LogP) is 3.15. The molecule has 96 valence electrons. The third-order valence-corrected chi connectivity index (χ3v) is 3.12. The van der Waals surface area contributed by atoms with Gasteiger partial charge in [-0.15, -0.1) is 0 Å². The van der Waals surface area contributed by atoms with Crippen LogP contribution in [-0.2, 0) is 7.05 Å². The summed E-state index contributed by atoms with van der Waals surface area (Å²) in [5, 5.41) is 7.89. The fourth-order valence-electron chi connectivity index (χ4n) is 1.67. The summed E-state index contributed by atoms with van der Waals surface area (Å²) in [4.78, 5) is 0. The molecular weight excluding hydrogens is 250 g/mol. The Hall–Kier alpha value is -1.52. The second kappa shape index (κ2) is 5.42. The molecular formula is C13H16ClN3O. The van der Waals surface area contributed by atoms with Crippen molar-refractivity contribution in [2.45, 2.75) is 13.0 Å². The quantitative estimate of drug-likeness (QED) is 0.923. The van der Waals surface area contributed by atoms with Crippen LogP contribution < -0.4 is 10.1 Å². The first-order valence-corrected chi connectivity index (χ1v) is 6.11. The zero-order valence-electron chi connectivity index (χ0n) is 10.6. The standard InChI is InChI=1S/C13H16ClN3O/c1-9(15-2)12-5-4-10(6-13(12)14)18-11-7-16-17(3)8-11/h4-9,15H,1-3H3. The maximum absolute atomic E-state index is 6.23. The highest BCUT2D eigenvalue weighted by Gasteiger charge is 2.09. The van der Waals surface area contributed by atoms with Gasteiger partial charge in [0.25, 0.3) is 0 Å². The van der Waals surface area contributed by atoms with Crippen LogP contribution in [0.25, 0.3) is 0 Å². The zero-order valence-corrected chi connectivity index (χ0v) is 11.4. The molecule has 1 aromatic carbocycles. The lowest BCUT2D eigenvalue weighted by atomic mass is 10.1. The van der Waals surface area contributed by atoms with Crippen molar-refractivity contribution in [2.75, 3.05) is 7.05 Å². The van der Waals surface area contributed by atoms with Gasteiger partial charge in [0.15, 0.2) is 5.75 Å². The minimum atomic E-state index is 0.213. The van der Waals surface area contributed by atoms with Crippen molar-refractivity contribution in [3.8, 4) is 11.5 Å². The molecule has 0 aliphatic carbocycles. The molecule has 1 unspecified atom stereocenters. The highest BCUT2D eigenvalue weighted by Crippen LogP contribution is 2.29. The van der Waals surface area contributed by atoms with Crippen molar-refractivity contribution in [2.24, 2.45) is 7.05 Å². The normalized spacial score (nSPS) is 12.4. The van der Waals surface area contributed by atoms with E-state index in [1.165, 1.54) is 0 Å². The number of benzene rings is 1. The van der Waals surface area contributed by atoms with E-state index in [0.29, 0.717) is 16.5 Å². The summed E-state index contributed by atoms with van der Waals surface area (Å²) in [6, 6.07) is 5.90. The van der Waals surface area contributed by atoms with Crippen molar-refractivity contribution < 1.29 is 4.74 Å². The number of halogens is 1. The van der Waals surface area contributed by atoms with Gasteiger partial charge in [0.1, 0.15) is 5.75 Å². The fraction of sp³-hybridized carbons (Fsp3) is 0.308. The predicted molar refractivity (Wildman–Crippen MR) is 72.2 cm³/mol. The van der Waals surface area contributed by atoms with E-state index in [2.05, 4.69) is 17.3 Å². The third kappa shape index (κ3) is 2.83. The number of aromatic nitrogens is 2. The van der Waals surface area contributed by atoms with E-state index in [0.717, 1.165) is 5.56 Å². The number of hydrogen-bond donors (Lipinski definition) is 1. The molecule has 0 fully saturated rings. The van der Waals surface area contributed by atoms with Crippen molar-refractivity contribution in [1.29, 1.82) is 0 Å². The second-order valence-electron chi connectivity index (χ2n) is 4.15. The maximum Gasteiger partial charge on any atom is 0.165 e. The Balaban J connectivity index is 2.18. The first kappa shape index (κ1) is 12.9. The zero-order chi connectivity index (χ0) is 13.1. The largest absolute Gasteiger partial charge is 0.454 e. The molecule has 18 heavy (non-hydrogen) atoms. The van der Waals surface area contributed by atoms with Gasteiger partial charge in [-0.25, -0.2) is 0 Å². The molecule has 0 amide bonds. The van der Waals surface area contributed by atoms with Crippen LogP contribution >= 0.6 is 11.6 Å². The summed E-state index contributed by atoms with van der Waals surface area (Å²) < 4.78 is 7.35. The molecule has 1 atom stereocenters. The molecule has 0 aliphatic rings. The molecule has 1 N–H and O–H groups in total. The van der Waals surface area contributed by atoms with E-state index < -0.39 is 0 Å². The van der Waals surface area contributed by atoms with Gasteiger partial charge in [0, 0.05) is 18.1 Å². The van der Waals surface area contributed by atoms with Crippen molar-refractivity contribution in [3.05, 3.63) is 41.2 Å². The van der Waals surface area contributed by atoms with Gasteiger partial charge < -0.3 is 10.1 Å². The van der Waals surface area contributed by atoms with E-state index in [-0.39, 0.29) is 6.04 Å². The molecule has 5 heteroatoms. The molecule has 2 aromatic rings. The van der Waals surface area contributed by atoms with Crippen molar-refractivity contribution in [3.63, 3.8) is 0 Å². The number of nitrogens with zero attached hydrogens (tertiary/aromatic N) is 2. The minimum absolute atomic E-state index is 0.213. The van der Waals surface area contributed by atoms with Crippen LogP contribution in [0.5, 0.6) is 11.5 Å². The monoisotopic (exact) mass is 265 g/mol. The lowest BCUT2D eigenvalue weighted by molar-refractivity contribution is 0.481. The van der Waals surface area contributed by atoms with Crippen molar-refractivity contribution >= 4 is 11.6 Å². The smallest absolute Gasteiger partial charge is 0.165 e. The third-order valence-electron chi connectivity index (χ3n) is 2.79. The number of hydrogen-bond acceptors (Lipinski definition) is 3. The first-order valence-electron chi connectivity index (χ1n) is 5.73. The van der Waals surface area contributed by atoms with E-state index in [9.17, 15) is 0 Å². The highest BCUT2D eigenvalue weighted by atomic mass is 35.5. The molecule has 0 bridgehead atoms. The van der Waals surface area contributed by atoms with Crippen LogP contribution in [0.4, 0.5) is 0 Å². The SMILES string of the molecule is CNC(C)c1ccc(Oc2cnn(C)c2)cc1Cl. The molecule has 4 nitrogen and oxygen atoms in total. The summed E-state index contributed by atoms with van der Waals surface area (Å²) in [5.41, 5.74) is 1.05. The van der Waals surface area contributed by atoms with Crippen LogP contribution in [0.2, 0.25) is 5.02 Å². The van der Waals surface area contributed by atoms with Crippen LogP contribution in [-0.4, -0.2) is 16.8 Å². The Morgan fingerprint density at radius 1 is 1.39 bits per heavy atom. The van der Waals surface area contributed by atoms with Gasteiger partial charge in [0.05, 0.1) is 12.4 Å². The van der Waals surface area contributed by atoms with Gasteiger partial charge in [-0.05, 0) is 31.7 Å². The second-order valence-corrected chi connectivity index (χ2v) is 4.55. The van der Waals surface area contributed by atoms with Gasteiger partial charge >= 0.3 is 0 Å². The Labute approximate surface area is 112 Å². The summed E-state index contributed by atoms with van der Waals surface area (Å²) in [6.07, 6.45) is 3.47. The van der Waals surface area contributed by atoms with Gasteiger partial charge in [0.2, 0.25) is 0 Å². The molecule has 0 saturated heterocycles. The molecule has 0 radical (unpaired) electrons. The Morgan fingerprint density at radius 2 is 2.17 bits per heavy atom. The van der Waals surface area contributed by atoms with Crippen LogP contribution in [0.1, 0.15) is 18.5 Å². The van der Waals surface area contributed by atoms with Gasteiger partial charge in [-0.2, -0.15) is 5.10 Å². The van der Waals surface area contributed by atoms with E-state index in [1.54, 1.807) is 17.1 Å². The summed E-state index contributed by atoms with van der Waals surface area (Å²) >= 11 is 6.23. The Bertz CT molecular complexity index is 539. The summed E-state index contributed by atoms with van der Waals surface area (Å²) in [5.74, 6) is 1.41. The maximum atomic E-state index is 6.23. The minimum Gasteiger partial charge on any atom is -0.454 e. The molecule has 0 saturated carbocycles. The molecule has 0 aliphatic heterocycles. The lowest BCUT2D eigenvalue weighted by Crippen LogP contribution is -2.12. The Morgan fingerprint density at radius 3 is 2.72 bits per heavy atom. The topological polar surface area (TPSA) is 39.1 Å². The lowest BCUT2D eigenvalue weighted by Gasteiger charge is -2.13. The van der Waals surface area contributed by atoms with Crippen LogP contribution in [0.15, 0.2) is 30.6 Å². The van der Waals surface area contributed by atoms with E-state index in [4.69, 9.17) is 16.3 Å². The molecule has 1 heterocycles. The first-order chi connectivity index (χ1) is 8.60.